The van der Waals surface area contributed by atoms with Crippen LogP contribution in [0.2, 0.25) is 0 Å². The third-order valence-electron chi connectivity index (χ3n) is 6.84. The predicted octanol–water partition coefficient (Wildman–Crippen LogP) is -0.354. The zero-order chi connectivity index (χ0) is 30.6. The van der Waals surface area contributed by atoms with E-state index in [1.165, 1.54) is 24.3 Å². The second-order valence-electron chi connectivity index (χ2n) is 10.0. The van der Waals surface area contributed by atoms with Gasteiger partial charge in [0, 0.05) is 23.5 Å². The van der Waals surface area contributed by atoms with Gasteiger partial charge in [-0.25, -0.2) is 4.79 Å². The highest BCUT2D eigenvalue weighted by atomic mass is 16.4. The minimum Gasteiger partial charge on any atom is -0.508 e. The highest BCUT2D eigenvalue weighted by Gasteiger charge is 2.30. The molecule has 1 aromatic heterocycles. The van der Waals surface area contributed by atoms with E-state index in [2.05, 4.69) is 20.9 Å². The number of nitrogens with one attached hydrogen (secondary N) is 4. The fraction of sp³-hybridized carbons (Fsp3) is 0.379. The van der Waals surface area contributed by atoms with Crippen LogP contribution in [0.5, 0.6) is 5.75 Å². The Morgan fingerprint density at radius 2 is 1.48 bits per heavy atom. The van der Waals surface area contributed by atoms with Gasteiger partial charge in [0.05, 0.1) is 12.6 Å². The first-order valence-corrected chi connectivity index (χ1v) is 13.7. The van der Waals surface area contributed by atoms with Crippen LogP contribution in [0.15, 0.2) is 54.7 Å². The van der Waals surface area contributed by atoms with Gasteiger partial charge in [-0.15, -0.1) is 0 Å². The Bertz CT molecular complexity index is 1360. The monoisotopic (exact) mass is 582 g/mol. The molecule has 0 saturated carbocycles. The number of carboxylic acids is 1. The highest BCUT2D eigenvalue weighted by molar-refractivity contribution is 5.94. The molecule has 0 saturated heterocycles. The lowest BCUT2D eigenvalue weighted by Gasteiger charge is -2.24. The number of nitrogens with two attached hydrogens (primary N) is 2. The maximum absolute atomic E-state index is 13.2. The molecule has 0 aliphatic rings. The minimum atomic E-state index is -1.48. The Balaban J connectivity index is 1.64. The number of phenolic OH excluding ortho intramolecular Hbond substituents is 1. The highest BCUT2D eigenvalue weighted by Crippen LogP contribution is 2.19. The van der Waals surface area contributed by atoms with Crippen molar-refractivity contribution in [2.75, 3.05) is 13.2 Å². The summed E-state index contributed by atoms with van der Waals surface area (Å²) in [7, 11) is 0. The van der Waals surface area contributed by atoms with E-state index in [1.807, 2.05) is 24.3 Å². The predicted molar refractivity (Wildman–Crippen MR) is 155 cm³/mol. The molecule has 3 aromatic rings. The molecule has 11 N–H and O–H groups in total. The van der Waals surface area contributed by atoms with E-state index in [9.17, 15) is 34.5 Å². The Labute approximate surface area is 242 Å². The summed E-state index contributed by atoms with van der Waals surface area (Å²) in [6, 6.07) is 8.49. The smallest absolute Gasteiger partial charge is 0.326 e. The van der Waals surface area contributed by atoms with Gasteiger partial charge in [-0.05, 0) is 61.6 Å². The molecule has 0 radical (unpaired) electrons. The first-order chi connectivity index (χ1) is 20.1. The number of rotatable bonds is 16. The lowest BCUT2D eigenvalue weighted by Crippen LogP contribution is -2.58. The normalized spacial score (nSPS) is 14.0. The summed E-state index contributed by atoms with van der Waals surface area (Å²) >= 11 is 0. The van der Waals surface area contributed by atoms with Crippen molar-refractivity contribution in [3.63, 3.8) is 0 Å². The zero-order valence-electron chi connectivity index (χ0n) is 23.1. The molecule has 0 bridgehead atoms. The van der Waals surface area contributed by atoms with E-state index in [0.717, 1.165) is 16.5 Å². The van der Waals surface area contributed by atoms with Crippen molar-refractivity contribution in [1.82, 2.24) is 20.9 Å². The number of carboxylic acid groups (broad SMARTS) is 1. The second kappa shape index (κ2) is 15.5. The summed E-state index contributed by atoms with van der Waals surface area (Å²) in [4.78, 5) is 53.9. The molecule has 13 nitrogen and oxygen atoms in total. The number of aliphatic hydroxyl groups is 1. The Hall–Kier alpha value is -4.46. The van der Waals surface area contributed by atoms with Gasteiger partial charge in [0.1, 0.15) is 23.9 Å². The van der Waals surface area contributed by atoms with Gasteiger partial charge in [-0.3, -0.25) is 14.4 Å². The van der Waals surface area contributed by atoms with E-state index in [1.54, 1.807) is 6.20 Å². The van der Waals surface area contributed by atoms with Crippen LogP contribution in [-0.4, -0.2) is 81.3 Å². The number of fused-ring (bicyclic) bond motifs is 1. The maximum atomic E-state index is 13.2. The van der Waals surface area contributed by atoms with Crippen molar-refractivity contribution < 1.29 is 34.5 Å². The van der Waals surface area contributed by atoms with Gasteiger partial charge >= 0.3 is 5.97 Å². The number of aliphatic carboxylic acids is 1. The number of para-hydroxylation sites is 1. The van der Waals surface area contributed by atoms with Gasteiger partial charge in [-0.1, -0.05) is 30.3 Å². The number of hydrogen-bond acceptors (Lipinski definition) is 8. The van der Waals surface area contributed by atoms with Crippen molar-refractivity contribution in [3.05, 3.63) is 65.9 Å². The number of carbonyl (C=O) groups excluding carboxylic acids is 3. The summed E-state index contributed by atoms with van der Waals surface area (Å²) in [5.41, 5.74) is 14.0. The van der Waals surface area contributed by atoms with Crippen molar-refractivity contribution >= 4 is 34.6 Å². The summed E-state index contributed by atoms with van der Waals surface area (Å²) in [6.45, 7) is -0.436. The molecule has 4 atom stereocenters. The van der Waals surface area contributed by atoms with E-state index in [4.69, 9.17) is 11.5 Å². The van der Waals surface area contributed by atoms with Crippen molar-refractivity contribution in [1.29, 1.82) is 0 Å². The van der Waals surface area contributed by atoms with Crippen LogP contribution in [-0.2, 0) is 32.0 Å². The number of benzene rings is 2. The first-order valence-electron chi connectivity index (χ1n) is 13.7. The quantitative estimate of drug-likeness (QED) is 0.100. The van der Waals surface area contributed by atoms with Crippen LogP contribution in [0.3, 0.4) is 0 Å². The molecular weight excluding hydrogens is 544 g/mol. The van der Waals surface area contributed by atoms with Crippen LogP contribution in [0.1, 0.15) is 30.4 Å². The Morgan fingerprint density at radius 3 is 2.14 bits per heavy atom. The first kappa shape index (κ1) is 32.1. The van der Waals surface area contributed by atoms with Crippen molar-refractivity contribution in [2.45, 2.75) is 56.3 Å². The third kappa shape index (κ3) is 9.03. The molecule has 42 heavy (non-hydrogen) atoms. The van der Waals surface area contributed by atoms with Crippen LogP contribution in [0.25, 0.3) is 10.9 Å². The SMILES string of the molecule is NCCCCC(NC(=O)C(N)Cc1c[nH]c2ccccc12)C(=O)NC(CO)C(=O)NC(Cc1ccc(O)cc1)C(=O)O. The summed E-state index contributed by atoms with van der Waals surface area (Å²) in [5.74, 6) is -3.54. The molecular formula is C29H38N6O7. The number of aromatic nitrogens is 1. The number of carbonyl (C=O) groups is 4. The molecule has 0 aliphatic carbocycles. The fourth-order valence-electron chi connectivity index (χ4n) is 4.48. The fourth-order valence-corrected chi connectivity index (χ4v) is 4.48. The lowest BCUT2D eigenvalue weighted by molar-refractivity contribution is -0.142. The number of unbranched alkanes of at least 4 members (excludes halogenated alkanes) is 1. The molecule has 0 fully saturated rings. The topological polar surface area (TPSA) is 233 Å². The molecule has 0 spiro atoms. The second-order valence-corrected chi connectivity index (χ2v) is 10.0. The van der Waals surface area contributed by atoms with Crippen LogP contribution in [0, 0.1) is 0 Å². The van der Waals surface area contributed by atoms with Gasteiger partial charge in [-0.2, -0.15) is 0 Å². The average molecular weight is 583 g/mol. The summed E-state index contributed by atoms with van der Waals surface area (Å²) < 4.78 is 0. The minimum absolute atomic E-state index is 0.00439. The van der Waals surface area contributed by atoms with Crippen LogP contribution >= 0.6 is 0 Å². The molecule has 3 rings (SSSR count). The Kier molecular flexibility index (Phi) is 11.8. The average Bonchev–Trinajstić information content (AvgIpc) is 3.38. The summed E-state index contributed by atoms with van der Waals surface area (Å²) in [6.07, 6.45) is 3.18. The number of H-pyrrole nitrogens is 1. The number of hydrogen-bond donors (Lipinski definition) is 9. The molecule has 2 aromatic carbocycles. The van der Waals surface area contributed by atoms with Gasteiger partial charge in [0.2, 0.25) is 17.7 Å². The molecule has 1 heterocycles. The van der Waals surface area contributed by atoms with E-state index in [-0.39, 0.29) is 25.0 Å². The Morgan fingerprint density at radius 1 is 0.833 bits per heavy atom. The molecule has 0 aliphatic heterocycles. The van der Waals surface area contributed by atoms with Gasteiger partial charge in [0.25, 0.3) is 0 Å². The number of amides is 3. The molecule has 13 heteroatoms. The number of phenols is 1. The number of aromatic amines is 1. The van der Waals surface area contributed by atoms with E-state index < -0.39 is 54.5 Å². The maximum Gasteiger partial charge on any atom is 0.326 e. The third-order valence-corrected chi connectivity index (χ3v) is 6.84. The number of aromatic hydroxyl groups is 1. The van der Waals surface area contributed by atoms with Crippen LogP contribution < -0.4 is 27.4 Å². The van der Waals surface area contributed by atoms with Gasteiger partial charge in [0.15, 0.2) is 0 Å². The van der Waals surface area contributed by atoms with Crippen molar-refractivity contribution in [2.24, 2.45) is 11.5 Å². The molecule has 3 amide bonds. The van der Waals surface area contributed by atoms with Gasteiger partial charge < -0.3 is 47.7 Å². The van der Waals surface area contributed by atoms with E-state index >= 15 is 0 Å². The summed E-state index contributed by atoms with van der Waals surface area (Å²) in [5, 5.41) is 37.2. The van der Waals surface area contributed by atoms with Crippen LogP contribution in [0.4, 0.5) is 0 Å². The largest absolute Gasteiger partial charge is 0.508 e. The molecule has 226 valence electrons. The van der Waals surface area contributed by atoms with Crippen molar-refractivity contribution in [3.8, 4) is 5.75 Å². The zero-order valence-corrected chi connectivity index (χ0v) is 23.1. The lowest BCUT2D eigenvalue weighted by atomic mass is 10.0. The number of aliphatic hydroxyl groups excluding tert-OH is 1. The van der Waals surface area contributed by atoms with E-state index in [0.29, 0.717) is 24.9 Å². The standard InChI is InChI=1S/C29H38N6O7/c30-12-4-3-7-23(33-26(38)21(31)14-18-15-32-22-6-2-1-5-20(18)22)27(39)35-25(16-36)28(40)34-24(29(41)42)13-17-8-10-19(37)11-9-17/h1-2,5-6,8-11,15,21,23-25,32,36-37H,3-4,7,12-14,16,30-31H2,(H,33,38)(H,34,40)(H,35,39)(H,41,42). The molecule has 4 unspecified atom stereocenters.